The third-order valence-electron chi connectivity index (χ3n) is 1.98. The molecule has 4 heteroatoms. The predicted molar refractivity (Wildman–Crippen MR) is 61.7 cm³/mol. The lowest BCUT2D eigenvalue weighted by Gasteiger charge is -2.26. The minimum Gasteiger partial charge on any atom is -0.393 e. The van der Waals surface area contributed by atoms with Crippen molar-refractivity contribution in [3.8, 4) is 0 Å². The van der Waals surface area contributed by atoms with E-state index < -0.39 is 0 Å². The number of amides is 2. The Morgan fingerprint density at radius 3 is 2.60 bits per heavy atom. The largest absolute Gasteiger partial charge is 0.393 e. The number of nitrogens with one attached hydrogen (secondary N) is 2. The van der Waals surface area contributed by atoms with Crippen LogP contribution in [0.4, 0.5) is 4.79 Å². The van der Waals surface area contributed by atoms with E-state index in [9.17, 15) is 9.90 Å². The molecule has 0 aliphatic heterocycles. The van der Waals surface area contributed by atoms with Gasteiger partial charge in [0.25, 0.3) is 0 Å². The van der Waals surface area contributed by atoms with Gasteiger partial charge < -0.3 is 15.7 Å². The van der Waals surface area contributed by atoms with Crippen LogP contribution < -0.4 is 10.6 Å². The third-order valence-corrected chi connectivity index (χ3v) is 1.98. The maximum absolute atomic E-state index is 11.2. The van der Waals surface area contributed by atoms with Crippen LogP contribution in [0.1, 0.15) is 27.2 Å². The van der Waals surface area contributed by atoms with Crippen molar-refractivity contribution in [2.45, 2.75) is 33.3 Å². The van der Waals surface area contributed by atoms with Crippen molar-refractivity contribution in [3.05, 3.63) is 12.7 Å². The van der Waals surface area contributed by atoms with E-state index in [-0.39, 0.29) is 17.6 Å². The van der Waals surface area contributed by atoms with Gasteiger partial charge in [-0.15, -0.1) is 6.58 Å². The Hall–Kier alpha value is -1.03. The van der Waals surface area contributed by atoms with Gasteiger partial charge in [0.15, 0.2) is 0 Å². The zero-order valence-electron chi connectivity index (χ0n) is 9.84. The Morgan fingerprint density at radius 1 is 1.53 bits per heavy atom. The number of aliphatic hydroxyl groups excluding tert-OH is 1. The summed E-state index contributed by atoms with van der Waals surface area (Å²) in [6.45, 7) is 10.3. The molecular formula is C11H22N2O2. The van der Waals surface area contributed by atoms with Crippen LogP contribution in [0.15, 0.2) is 12.7 Å². The summed E-state index contributed by atoms with van der Waals surface area (Å²) in [5.41, 5.74) is -0.0975. The summed E-state index contributed by atoms with van der Waals surface area (Å²) in [5, 5.41) is 14.6. The third kappa shape index (κ3) is 8.00. The molecule has 0 radical (unpaired) electrons. The summed E-state index contributed by atoms with van der Waals surface area (Å²) >= 11 is 0. The maximum atomic E-state index is 11.2. The fourth-order valence-corrected chi connectivity index (χ4v) is 1.42. The summed E-state index contributed by atoms with van der Waals surface area (Å²) in [6.07, 6.45) is 1.94. The number of carbonyl (C=O) groups is 1. The lowest BCUT2D eigenvalue weighted by Crippen LogP contribution is -2.41. The fraction of sp³-hybridized carbons (Fsp3) is 0.727. The monoisotopic (exact) mass is 214 g/mol. The van der Waals surface area contributed by atoms with Crippen molar-refractivity contribution in [2.24, 2.45) is 5.41 Å². The Bertz CT molecular complexity index is 213. The minimum absolute atomic E-state index is 0.0975. The number of hydrogen-bond acceptors (Lipinski definition) is 2. The van der Waals surface area contributed by atoms with Crippen LogP contribution in [-0.4, -0.2) is 30.3 Å². The average Bonchev–Trinajstić information content (AvgIpc) is 2.09. The molecule has 3 N–H and O–H groups in total. The van der Waals surface area contributed by atoms with Crippen LogP contribution in [0, 0.1) is 5.41 Å². The Morgan fingerprint density at radius 2 is 2.13 bits per heavy atom. The van der Waals surface area contributed by atoms with Gasteiger partial charge in [-0.3, -0.25) is 0 Å². The summed E-state index contributed by atoms with van der Waals surface area (Å²) in [4.78, 5) is 11.2. The molecule has 0 aromatic carbocycles. The zero-order chi connectivity index (χ0) is 11.9. The van der Waals surface area contributed by atoms with Gasteiger partial charge in [-0.25, -0.2) is 4.79 Å². The van der Waals surface area contributed by atoms with Crippen molar-refractivity contribution < 1.29 is 9.90 Å². The van der Waals surface area contributed by atoms with Crippen LogP contribution >= 0.6 is 0 Å². The molecule has 0 bridgehead atoms. The molecule has 15 heavy (non-hydrogen) atoms. The molecule has 4 nitrogen and oxygen atoms in total. The van der Waals surface area contributed by atoms with Gasteiger partial charge in [0.05, 0.1) is 6.10 Å². The molecule has 1 unspecified atom stereocenters. The Balaban J connectivity index is 3.81. The summed E-state index contributed by atoms with van der Waals surface area (Å²) < 4.78 is 0. The van der Waals surface area contributed by atoms with Crippen molar-refractivity contribution in [2.75, 3.05) is 13.1 Å². The minimum atomic E-state index is -0.349. The number of aliphatic hydroxyl groups is 1. The van der Waals surface area contributed by atoms with E-state index in [0.717, 1.165) is 0 Å². The van der Waals surface area contributed by atoms with Gasteiger partial charge in [-0.2, -0.15) is 0 Å². The number of rotatable bonds is 6. The molecule has 0 spiro atoms. The van der Waals surface area contributed by atoms with Gasteiger partial charge in [0.2, 0.25) is 0 Å². The molecule has 1 atom stereocenters. The van der Waals surface area contributed by atoms with Gasteiger partial charge in [-0.1, -0.05) is 19.9 Å². The van der Waals surface area contributed by atoms with E-state index in [1.165, 1.54) is 0 Å². The Labute approximate surface area is 91.8 Å². The van der Waals surface area contributed by atoms with Crippen molar-refractivity contribution in [1.29, 1.82) is 0 Å². The molecule has 0 saturated carbocycles. The van der Waals surface area contributed by atoms with Crippen molar-refractivity contribution in [3.63, 3.8) is 0 Å². The first-order valence-electron chi connectivity index (χ1n) is 5.18. The van der Waals surface area contributed by atoms with E-state index >= 15 is 0 Å². The van der Waals surface area contributed by atoms with Crippen LogP contribution in [0.5, 0.6) is 0 Å². The molecule has 0 saturated heterocycles. The van der Waals surface area contributed by atoms with Gasteiger partial charge >= 0.3 is 6.03 Å². The number of hydrogen-bond donors (Lipinski definition) is 3. The second-order valence-electron chi connectivity index (χ2n) is 4.57. The first-order chi connectivity index (χ1) is 6.87. The Kier molecular flexibility index (Phi) is 6.01. The quantitative estimate of drug-likeness (QED) is 0.583. The summed E-state index contributed by atoms with van der Waals surface area (Å²) in [6, 6.07) is -0.200. The highest BCUT2D eigenvalue weighted by Crippen LogP contribution is 2.20. The molecule has 0 fully saturated rings. The first-order valence-corrected chi connectivity index (χ1v) is 5.18. The second-order valence-corrected chi connectivity index (χ2v) is 4.57. The van der Waals surface area contributed by atoms with E-state index in [1.807, 2.05) is 13.8 Å². The molecule has 0 aliphatic rings. The average molecular weight is 214 g/mol. The molecule has 88 valence electrons. The zero-order valence-corrected chi connectivity index (χ0v) is 9.84. The van der Waals surface area contributed by atoms with E-state index in [1.54, 1.807) is 13.0 Å². The fourth-order valence-electron chi connectivity index (χ4n) is 1.42. The number of carbonyl (C=O) groups excluding carboxylic acids is 1. The van der Waals surface area contributed by atoms with Crippen molar-refractivity contribution >= 4 is 6.03 Å². The topological polar surface area (TPSA) is 61.4 Å². The SMILES string of the molecule is C=CCNC(=O)NCC(C)(C)CC(C)O. The lowest BCUT2D eigenvalue weighted by molar-refractivity contribution is 0.129. The van der Waals surface area contributed by atoms with Crippen molar-refractivity contribution in [1.82, 2.24) is 10.6 Å². The molecule has 0 aromatic heterocycles. The van der Waals surface area contributed by atoms with E-state index in [2.05, 4.69) is 17.2 Å². The van der Waals surface area contributed by atoms with Gasteiger partial charge in [0.1, 0.15) is 0 Å². The van der Waals surface area contributed by atoms with Crippen LogP contribution in [0.3, 0.4) is 0 Å². The highest BCUT2D eigenvalue weighted by Gasteiger charge is 2.20. The van der Waals surface area contributed by atoms with Gasteiger partial charge in [0, 0.05) is 13.1 Å². The smallest absolute Gasteiger partial charge is 0.315 e. The molecule has 0 aromatic rings. The molecule has 0 aliphatic carbocycles. The van der Waals surface area contributed by atoms with Crippen LogP contribution in [0.25, 0.3) is 0 Å². The molecular weight excluding hydrogens is 192 g/mol. The summed E-state index contributed by atoms with van der Waals surface area (Å²) in [5.74, 6) is 0. The van der Waals surface area contributed by atoms with Crippen LogP contribution in [-0.2, 0) is 0 Å². The van der Waals surface area contributed by atoms with Gasteiger partial charge in [-0.05, 0) is 18.8 Å². The highest BCUT2D eigenvalue weighted by molar-refractivity contribution is 5.73. The molecule has 0 heterocycles. The standard InChI is InChI=1S/C11H22N2O2/c1-5-6-12-10(15)13-8-11(3,4)7-9(2)14/h5,9,14H,1,6-8H2,2-4H3,(H2,12,13,15). The maximum Gasteiger partial charge on any atom is 0.315 e. The summed E-state index contributed by atoms with van der Waals surface area (Å²) in [7, 11) is 0. The molecule has 2 amide bonds. The number of urea groups is 1. The normalized spacial score (nSPS) is 13.1. The molecule has 0 rings (SSSR count). The van der Waals surface area contributed by atoms with E-state index in [0.29, 0.717) is 19.5 Å². The first kappa shape index (κ1) is 14.0. The lowest BCUT2D eigenvalue weighted by atomic mass is 9.87. The highest BCUT2D eigenvalue weighted by atomic mass is 16.3. The van der Waals surface area contributed by atoms with Crippen LogP contribution in [0.2, 0.25) is 0 Å². The van der Waals surface area contributed by atoms with E-state index in [4.69, 9.17) is 0 Å². The second kappa shape index (κ2) is 6.45. The predicted octanol–water partition coefficient (Wildman–Crippen LogP) is 1.27.